The highest BCUT2D eigenvalue weighted by Crippen LogP contribution is 2.27. The highest BCUT2D eigenvalue weighted by atomic mass is 16.3. The third kappa shape index (κ3) is 3.02. The lowest BCUT2D eigenvalue weighted by atomic mass is 10.1. The van der Waals surface area contributed by atoms with E-state index in [0.717, 1.165) is 29.7 Å². The molecule has 1 unspecified atom stereocenters. The van der Waals surface area contributed by atoms with Crippen LogP contribution in [0.1, 0.15) is 38.5 Å². The summed E-state index contributed by atoms with van der Waals surface area (Å²) >= 11 is 0. The molecule has 2 rings (SSSR count). The zero-order valence-electron chi connectivity index (χ0n) is 12.1. The monoisotopic (exact) mass is 274 g/mol. The van der Waals surface area contributed by atoms with Gasteiger partial charge in [-0.15, -0.1) is 0 Å². The van der Waals surface area contributed by atoms with Crippen molar-refractivity contribution in [1.82, 2.24) is 4.90 Å². The van der Waals surface area contributed by atoms with Gasteiger partial charge in [0.15, 0.2) is 0 Å². The van der Waals surface area contributed by atoms with Gasteiger partial charge in [-0.05, 0) is 25.5 Å². The molecule has 0 aliphatic rings. The van der Waals surface area contributed by atoms with E-state index in [1.54, 1.807) is 0 Å². The molecule has 0 saturated heterocycles. The second-order valence-electron chi connectivity index (χ2n) is 4.99. The molecule has 0 saturated carbocycles. The summed E-state index contributed by atoms with van der Waals surface area (Å²) < 4.78 is 5.86. The first-order chi connectivity index (χ1) is 9.67. The number of nitrogens with zero attached hydrogens (tertiary/aromatic N) is 1. The number of amides is 1. The second-order valence-corrected chi connectivity index (χ2v) is 4.99. The van der Waals surface area contributed by atoms with Gasteiger partial charge in [-0.25, -0.2) is 0 Å². The molecule has 2 aromatic rings. The molecule has 1 aromatic carbocycles. The van der Waals surface area contributed by atoms with Crippen molar-refractivity contribution in [3.8, 4) is 0 Å². The van der Waals surface area contributed by atoms with Crippen molar-refractivity contribution in [2.45, 2.75) is 32.7 Å². The maximum atomic E-state index is 12.2. The molecule has 108 valence electrons. The minimum atomic E-state index is -0.0681. The Labute approximate surface area is 119 Å². The van der Waals surface area contributed by atoms with Crippen molar-refractivity contribution < 1.29 is 9.21 Å². The summed E-state index contributed by atoms with van der Waals surface area (Å²) in [6.45, 7) is 5.17. The molecule has 1 amide bonds. The molecule has 1 atom stereocenters. The Kier molecular flexibility index (Phi) is 4.79. The smallest absolute Gasteiger partial charge is 0.224 e. The second kappa shape index (κ2) is 6.57. The van der Waals surface area contributed by atoms with Gasteiger partial charge in [0.25, 0.3) is 0 Å². The van der Waals surface area contributed by atoms with Gasteiger partial charge in [-0.1, -0.05) is 25.1 Å². The average molecular weight is 274 g/mol. The van der Waals surface area contributed by atoms with E-state index in [1.807, 2.05) is 42.2 Å². The molecule has 1 aromatic heterocycles. The van der Waals surface area contributed by atoms with E-state index in [9.17, 15) is 4.79 Å². The van der Waals surface area contributed by atoms with Crippen LogP contribution in [0.3, 0.4) is 0 Å². The van der Waals surface area contributed by atoms with Crippen LogP contribution in [0, 0.1) is 0 Å². The fourth-order valence-electron chi connectivity index (χ4n) is 2.40. The Morgan fingerprint density at radius 2 is 2.15 bits per heavy atom. The summed E-state index contributed by atoms with van der Waals surface area (Å²) in [4.78, 5) is 14.0. The lowest BCUT2D eigenvalue weighted by Gasteiger charge is -2.27. The molecule has 0 aliphatic carbocycles. The first-order valence-electron chi connectivity index (χ1n) is 7.15. The van der Waals surface area contributed by atoms with Gasteiger partial charge in [-0.2, -0.15) is 0 Å². The van der Waals surface area contributed by atoms with Crippen molar-refractivity contribution in [2.75, 3.05) is 13.1 Å². The summed E-state index contributed by atoms with van der Waals surface area (Å²) in [5, 5.41) is 1.07. The summed E-state index contributed by atoms with van der Waals surface area (Å²) in [6.07, 6.45) is 1.30. The van der Waals surface area contributed by atoms with Gasteiger partial charge in [-0.3, -0.25) is 4.79 Å². The van der Waals surface area contributed by atoms with Crippen molar-refractivity contribution in [3.63, 3.8) is 0 Å². The zero-order valence-corrected chi connectivity index (χ0v) is 12.1. The third-order valence-electron chi connectivity index (χ3n) is 3.47. The predicted molar refractivity (Wildman–Crippen MR) is 80.3 cm³/mol. The van der Waals surface area contributed by atoms with E-state index < -0.39 is 0 Å². The molecule has 0 aliphatic heterocycles. The normalized spacial score (nSPS) is 12.6. The lowest BCUT2D eigenvalue weighted by molar-refractivity contribution is -0.133. The highest BCUT2D eigenvalue weighted by molar-refractivity contribution is 5.79. The number of carbonyl (C=O) groups is 1. The highest BCUT2D eigenvalue weighted by Gasteiger charge is 2.22. The van der Waals surface area contributed by atoms with Gasteiger partial charge in [0.05, 0.1) is 6.04 Å². The molecule has 1 heterocycles. The molecule has 0 bridgehead atoms. The minimum absolute atomic E-state index is 0.0681. The Morgan fingerprint density at radius 1 is 1.40 bits per heavy atom. The Bertz CT molecular complexity index is 544. The average Bonchev–Trinajstić information content (AvgIpc) is 2.88. The minimum Gasteiger partial charge on any atom is -0.459 e. The van der Waals surface area contributed by atoms with E-state index in [0.29, 0.717) is 13.0 Å². The Morgan fingerprint density at radius 3 is 2.80 bits per heavy atom. The maximum Gasteiger partial charge on any atom is 0.224 e. The molecule has 0 spiro atoms. The molecule has 0 radical (unpaired) electrons. The van der Waals surface area contributed by atoms with E-state index in [4.69, 9.17) is 10.2 Å². The van der Waals surface area contributed by atoms with Crippen LogP contribution in [0.25, 0.3) is 11.0 Å². The van der Waals surface area contributed by atoms with Crippen molar-refractivity contribution >= 4 is 16.9 Å². The number of rotatable bonds is 6. The summed E-state index contributed by atoms with van der Waals surface area (Å²) in [5.74, 6) is 0.910. The number of para-hydroxylation sites is 1. The van der Waals surface area contributed by atoms with Crippen LogP contribution in [0.2, 0.25) is 0 Å². The number of furan rings is 1. The standard InChI is InChI=1S/C16H22N2O2/c1-3-10-18(16(19)8-9-17)12(2)15-11-13-6-4-5-7-14(13)20-15/h4-7,11-12H,3,8-10,17H2,1-2H3. The van der Waals surface area contributed by atoms with E-state index >= 15 is 0 Å². The quantitative estimate of drug-likeness (QED) is 0.880. The van der Waals surface area contributed by atoms with Gasteiger partial charge in [0.1, 0.15) is 11.3 Å². The number of carbonyl (C=O) groups excluding carboxylic acids is 1. The summed E-state index contributed by atoms with van der Waals surface area (Å²) in [7, 11) is 0. The van der Waals surface area contributed by atoms with Gasteiger partial charge < -0.3 is 15.1 Å². The van der Waals surface area contributed by atoms with Gasteiger partial charge in [0.2, 0.25) is 5.91 Å². The van der Waals surface area contributed by atoms with E-state index in [2.05, 4.69) is 6.92 Å². The zero-order chi connectivity index (χ0) is 14.5. The number of hydrogen-bond donors (Lipinski definition) is 1. The van der Waals surface area contributed by atoms with Crippen molar-refractivity contribution in [3.05, 3.63) is 36.1 Å². The van der Waals surface area contributed by atoms with Crippen LogP contribution in [0.5, 0.6) is 0 Å². The van der Waals surface area contributed by atoms with E-state index in [1.165, 1.54) is 0 Å². The van der Waals surface area contributed by atoms with Crippen LogP contribution in [-0.4, -0.2) is 23.9 Å². The van der Waals surface area contributed by atoms with Crippen LogP contribution in [-0.2, 0) is 4.79 Å². The topological polar surface area (TPSA) is 59.5 Å². The molecule has 4 heteroatoms. The Balaban J connectivity index is 2.25. The first kappa shape index (κ1) is 14.6. The van der Waals surface area contributed by atoms with Crippen molar-refractivity contribution in [1.29, 1.82) is 0 Å². The summed E-state index contributed by atoms with van der Waals surface area (Å²) in [6, 6.07) is 9.83. The van der Waals surface area contributed by atoms with Gasteiger partial charge >= 0.3 is 0 Å². The number of hydrogen-bond acceptors (Lipinski definition) is 3. The number of nitrogens with two attached hydrogens (primary N) is 1. The number of fused-ring (bicyclic) bond motifs is 1. The third-order valence-corrected chi connectivity index (χ3v) is 3.47. The fraction of sp³-hybridized carbons (Fsp3) is 0.438. The van der Waals surface area contributed by atoms with Crippen LogP contribution in [0.15, 0.2) is 34.7 Å². The predicted octanol–water partition coefficient (Wildman–Crippen LogP) is 3.08. The van der Waals surface area contributed by atoms with E-state index in [-0.39, 0.29) is 11.9 Å². The molecular formula is C16H22N2O2. The Hall–Kier alpha value is -1.81. The SMILES string of the molecule is CCCN(C(=O)CCN)C(C)c1cc2ccccc2o1. The largest absolute Gasteiger partial charge is 0.459 e. The van der Waals surface area contributed by atoms with Gasteiger partial charge in [0, 0.05) is 24.9 Å². The maximum absolute atomic E-state index is 12.2. The van der Waals surface area contributed by atoms with Crippen LogP contribution >= 0.6 is 0 Å². The molecular weight excluding hydrogens is 252 g/mol. The number of benzene rings is 1. The molecule has 4 nitrogen and oxygen atoms in total. The lowest BCUT2D eigenvalue weighted by Crippen LogP contribution is -2.35. The first-order valence-corrected chi connectivity index (χ1v) is 7.15. The van der Waals surface area contributed by atoms with Crippen molar-refractivity contribution in [2.24, 2.45) is 5.73 Å². The molecule has 0 fully saturated rings. The fourth-order valence-corrected chi connectivity index (χ4v) is 2.40. The summed E-state index contributed by atoms with van der Waals surface area (Å²) in [5.41, 5.74) is 6.35. The van der Waals surface area contributed by atoms with Crippen LogP contribution < -0.4 is 5.73 Å². The molecule has 20 heavy (non-hydrogen) atoms. The van der Waals surface area contributed by atoms with Crippen LogP contribution in [0.4, 0.5) is 0 Å². The molecule has 2 N–H and O–H groups in total.